The third-order valence-electron chi connectivity index (χ3n) is 0.542. The first kappa shape index (κ1) is 12.8. The summed E-state index contributed by atoms with van der Waals surface area (Å²) in [4.78, 5) is 19.2. The number of alkyl halides is 1. The van der Waals surface area contributed by atoms with E-state index in [9.17, 15) is 9.59 Å². The Hall–Kier alpha value is -0.810. The van der Waals surface area contributed by atoms with Crippen molar-refractivity contribution in [2.45, 2.75) is 6.42 Å². The van der Waals surface area contributed by atoms with E-state index in [0.717, 1.165) is 0 Å². The summed E-state index contributed by atoms with van der Waals surface area (Å²) in [6.07, 6.45) is 0.279. The maximum absolute atomic E-state index is 9.74. The van der Waals surface area contributed by atoms with E-state index in [-0.39, 0.29) is 18.9 Å². The van der Waals surface area contributed by atoms with E-state index in [2.05, 4.69) is 11.5 Å². The number of nitrogens with two attached hydrogens (primary N) is 3. The minimum absolute atomic E-state index is 0.0556. The van der Waals surface area contributed by atoms with Gasteiger partial charge < -0.3 is 17.2 Å². The van der Waals surface area contributed by atoms with Crippen molar-refractivity contribution < 1.29 is 9.59 Å². The monoisotopic (exact) mass is 181 g/mol. The van der Waals surface area contributed by atoms with E-state index >= 15 is 0 Å². The highest BCUT2D eigenvalue weighted by Crippen LogP contribution is 1.78. The molecule has 0 aliphatic heterocycles. The molecule has 0 fully saturated rings. The average molecular weight is 182 g/mol. The molecule has 0 rings (SSSR count). The van der Waals surface area contributed by atoms with E-state index in [1.807, 2.05) is 0 Å². The fourth-order valence-corrected chi connectivity index (χ4v) is 0.279. The van der Waals surface area contributed by atoms with Gasteiger partial charge in [0.05, 0.1) is 6.54 Å². The molecule has 0 spiro atoms. The van der Waals surface area contributed by atoms with Crippen molar-refractivity contribution in [1.29, 1.82) is 0 Å². The Balaban J connectivity index is 0. The first-order valence-electron chi connectivity index (χ1n) is 2.87. The lowest BCUT2D eigenvalue weighted by molar-refractivity contribution is -0.118. The van der Waals surface area contributed by atoms with Crippen molar-refractivity contribution in [2.24, 2.45) is 17.2 Å². The van der Waals surface area contributed by atoms with Gasteiger partial charge in [0.2, 0.25) is 11.8 Å². The van der Waals surface area contributed by atoms with Crippen LogP contribution in [0.4, 0.5) is 0 Å². The maximum Gasteiger partial charge on any atom is 0.231 e. The number of hydrogen-bond donors (Lipinski definition) is 3. The highest BCUT2D eigenvalue weighted by Gasteiger charge is 1.86. The molecular weight excluding hydrogens is 170 g/mol. The van der Waals surface area contributed by atoms with Gasteiger partial charge in [-0.3, -0.25) is 9.59 Å². The van der Waals surface area contributed by atoms with Crippen LogP contribution < -0.4 is 17.2 Å². The van der Waals surface area contributed by atoms with E-state index in [0.29, 0.717) is 5.88 Å². The molecular formula is C5H12ClN3O2. The molecule has 0 aliphatic carbocycles. The molecule has 0 aromatic heterocycles. The predicted molar refractivity (Wildman–Crippen MR) is 42.8 cm³/mol. The molecule has 0 bridgehead atoms. The van der Waals surface area contributed by atoms with Gasteiger partial charge in [-0.05, 0) is 0 Å². The third kappa shape index (κ3) is 27.1. The molecule has 0 atom stereocenters. The number of carbonyl (C=O) groups excluding carboxylic acids is 2. The van der Waals surface area contributed by atoms with Gasteiger partial charge in [0.25, 0.3) is 0 Å². The zero-order valence-corrected chi connectivity index (χ0v) is 6.80. The Bertz CT molecular complexity index is 129. The zero-order chi connectivity index (χ0) is 9.28. The molecule has 2 amide bonds. The first-order chi connectivity index (χ1) is 5.04. The second-order valence-corrected chi connectivity index (χ2v) is 1.95. The molecule has 0 saturated heterocycles. The van der Waals surface area contributed by atoms with E-state index < -0.39 is 5.91 Å². The van der Waals surface area contributed by atoms with E-state index in [4.69, 9.17) is 17.3 Å². The Kier molecular flexibility index (Phi) is 10.7. The molecule has 66 valence electrons. The SMILES string of the molecule is NC(=O)CCCl.NCC(N)=O. The topological polar surface area (TPSA) is 112 Å². The Labute approximate surface area is 69.9 Å². The zero-order valence-electron chi connectivity index (χ0n) is 6.05. The van der Waals surface area contributed by atoms with Gasteiger partial charge in [-0.25, -0.2) is 0 Å². The standard InChI is InChI=1S/C3H6ClNO.C2H6N2O/c4-2-1-3(5)6;3-1-2(4)5/h1-2H2,(H2,5,6);1,3H2,(H2,4,5). The minimum atomic E-state index is -0.468. The fraction of sp³-hybridized carbons (Fsp3) is 0.600. The highest BCUT2D eigenvalue weighted by atomic mass is 35.5. The molecule has 0 saturated carbocycles. The van der Waals surface area contributed by atoms with Crippen LogP contribution in [0.15, 0.2) is 0 Å². The van der Waals surface area contributed by atoms with E-state index in [1.54, 1.807) is 0 Å². The van der Waals surface area contributed by atoms with Gasteiger partial charge in [0.15, 0.2) is 0 Å². The largest absolute Gasteiger partial charge is 0.370 e. The van der Waals surface area contributed by atoms with Gasteiger partial charge in [-0.2, -0.15) is 0 Å². The Morgan fingerprint density at radius 3 is 1.55 bits per heavy atom. The maximum atomic E-state index is 9.74. The molecule has 6 N–H and O–H groups in total. The highest BCUT2D eigenvalue weighted by molar-refractivity contribution is 6.18. The Morgan fingerprint density at radius 1 is 1.18 bits per heavy atom. The summed E-state index contributed by atoms with van der Waals surface area (Å²) < 4.78 is 0. The van der Waals surface area contributed by atoms with Crippen molar-refractivity contribution in [1.82, 2.24) is 0 Å². The minimum Gasteiger partial charge on any atom is -0.370 e. The van der Waals surface area contributed by atoms with Gasteiger partial charge in [0, 0.05) is 12.3 Å². The van der Waals surface area contributed by atoms with Crippen molar-refractivity contribution in [3.8, 4) is 0 Å². The van der Waals surface area contributed by atoms with Crippen molar-refractivity contribution in [3.05, 3.63) is 0 Å². The molecule has 0 aromatic carbocycles. The van der Waals surface area contributed by atoms with Crippen LogP contribution in [0.2, 0.25) is 0 Å². The number of amides is 2. The molecule has 0 unspecified atom stereocenters. The lowest BCUT2D eigenvalue weighted by atomic mass is 10.5. The van der Waals surface area contributed by atoms with Gasteiger partial charge in [-0.15, -0.1) is 11.6 Å². The van der Waals surface area contributed by atoms with Crippen LogP contribution >= 0.6 is 11.6 Å². The average Bonchev–Trinajstić information content (AvgIpc) is 1.89. The summed E-state index contributed by atoms with van der Waals surface area (Å²) in [5, 5.41) is 0. The quantitative estimate of drug-likeness (QED) is 0.462. The summed E-state index contributed by atoms with van der Waals surface area (Å²) >= 11 is 5.10. The fourth-order valence-electron chi connectivity index (χ4n) is 0.0931. The Morgan fingerprint density at radius 2 is 1.55 bits per heavy atom. The molecule has 11 heavy (non-hydrogen) atoms. The van der Waals surface area contributed by atoms with Crippen molar-refractivity contribution in [2.75, 3.05) is 12.4 Å². The molecule has 0 heterocycles. The normalized spacial score (nSPS) is 7.82. The summed E-state index contributed by atoms with van der Waals surface area (Å²) in [6.45, 7) is -0.0556. The smallest absolute Gasteiger partial charge is 0.231 e. The summed E-state index contributed by atoms with van der Waals surface area (Å²) in [5.41, 5.74) is 13.9. The molecule has 5 nitrogen and oxygen atoms in total. The number of carbonyl (C=O) groups is 2. The second-order valence-electron chi connectivity index (χ2n) is 1.58. The predicted octanol–water partition coefficient (Wildman–Crippen LogP) is -1.47. The second kappa shape index (κ2) is 9.19. The van der Waals surface area contributed by atoms with Crippen LogP contribution in [0.1, 0.15) is 6.42 Å². The molecule has 0 aliphatic rings. The number of rotatable bonds is 3. The van der Waals surface area contributed by atoms with Crippen molar-refractivity contribution >= 4 is 23.4 Å². The lowest BCUT2D eigenvalue weighted by Gasteiger charge is -1.79. The van der Waals surface area contributed by atoms with Crippen LogP contribution in [0.5, 0.6) is 0 Å². The number of hydrogen-bond acceptors (Lipinski definition) is 3. The van der Waals surface area contributed by atoms with Gasteiger partial charge in [-0.1, -0.05) is 0 Å². The number of halogens is 1. The third-order valence-corrected chi connectivity index (χ3v) is 0.731. The van der Waals surface area contributed by atoms with Crippen LogP contribution in [-0.4, -0.2) is 24.2 Å². The van der Waals surface area contributed by atoms with Gasteiger partial charge in [0.1, 0.15) is 0 Å². The molecule has 6 heteroatoms. The van der Waals surface area contributed by atoms with E-state index in [1.165, 1.54) is 0 Å². The first-order valence-corrected chi connectivity index (χ1v) is 3.40. The van der Waals surface area contributed by atoms with Crippen LogP contribution in [0.3, 0.4) is 0 Å². The summed E-state index contributed by atoms with van der Waals surface area (Å²) in [6, 6.07) is 0. The van der Waals surface area contributed by atoms with Crippen LogP contribution in [0, 0.1) is 0 Å². The molecule has 0 aromatic rings. The van der Waals surface area contributed by atoms with Crippen LogP contribution in [-0.2, 0) is 9.59 Å². The number of primary amides is 2. The van der Waals surface area contributed by atoms with Crippen molar-refractivity contribution in [3.63, 3.8) is 0 Å². The lowest BCUT2D eigenvalue weighted by Crippen LogP contribution is -2.21. The van der Waals surface area contributed by atoms with Gasteiger partial charge >= 0.3 is 0 Å². The summed E-state index contributed by atoms with van der Waals surface area (Å²) in [5.74, 6) is -0.481. The molecule has 0 radical (unpaired) electrons. The van der Waals surface area contributed by atoms with Crippen LogP contribution in [0.25, 0.3) is 0 Å². The summed E-state index contributed by atoms with van der Waals surface area (Å²) in [7, 11) is 0.